The number of hydrogen-bond acceptors (Lipinski definition) is 3. The summed E-state index contributed by atoms with van der Waals surface area (Å²) in [5, 5.41) is 19.4. The van der Waals surface area contributed by atoms with Gasteiger partial charge in [0.25, 0.3) is 0 Å². The molecule has 0 saturated heterocycles. The van der Waals surface area contributed by atoms with E-state index >= 15 is 0 Å². The Bertz CT molecular complexity index is 166. The van der Waals surface area contributed by atoms with Gasteiger partial charge in [0.1, 0.15) is 0 Å². The van der Waals surface area contributed by atoms with Crippen LogP contribution in [-0.2, 0) is 4.79 Å². The lowest BCUT2D eigenvalue weighted by molar-refractivity contribution is -0.117. The standard InChI is InChI=1S/C8H15NO3/c1-7(3-2-5-10)8(12)9-4-6-11/h3,10-11H,2,4-6H2,1H3,(H,9,12)/b7-3+. The van der Waals surface area contributed by atoms with Gasteiger partial charge in [0, 0.05) is 18.7 Å². The number of rotatable bonds is 5. The van der Waals surface area contributed by atoms with E-state index in [2.05, 4.69) is 5.32 Å². The predicted molar refractivity (Wildman–Crippen MR) is 45.6 cm³/mol. The molecule has 0 rings (SSSR count). The zero-order valence-electron chi connectivity index (χ0n) is 7.21. The maximum atomic E-state index is 11.0. The fraction of sp³-hybridized carbons (Fsp3) is 0.625. The van der Waals surface area contributed by atoms with E-state index in [4.69, 9.17) is 10.2 Å². The summed E-state index contributed by atoms with van der Waals surface area (Å²) in [6.07, 6.45) is 2.14. The summed E-state index contributed by atoms with van der Waals surface area (Å²) in [5.41, 5.74) is 0.567. The Balaban J connectivity index is 3.75. The molecule has 0 radical (unpaired) electrons. The Hall–Kier alpha value is -0.870. The Morgan fingerprint density at radius 1 is 1.42 bits per heavy atom. The highest BCUT2D eigenvalue weighted by atomic mass is 16.3. The molecule has 0 aliphatic rings. The highest BCUT2D eigenvalue weighted by Crippen LogP contribution is 1.94. The summed E-state index contributed by atoms with van der Waals surface area (Å²) in [6, 6.07) is 0. The van der Waals surface area contributed by atoms with Gasteiger partial charge < -0.3 is 15.5 Å². The lowest BCUT2D eigenvalue weighted by Crippen LogP contribution is -2.26. The summed E-state index contributed by atoms with van der Waals surface area (Å²) in [5.74, 6) is -0.197. The minimum Gasteiger partial charge on any atom is -0.396 e. The smallest absolute Gasteiger partial charge is 0.246 e. The molecule has 0 aliphatic heterocycles. The third kappa shape index (κ3) is 4.87. The molecular formula is C8H15NO3. The molecule has 0 aromatic carbocycles. The van der Waals surface area contributed by atoms with Gasteiger partial charge in [0.15, 0.2) is 0 Å². The van der Waals surface area contributed by atoms with Crippen molar-refractivity contribution in [3.8, 4) is 0 Å². The lowest BCUT2D eigenvalue weighted by Gasteiger charge is -2.02. The number of nitrogens with one attached hydrogen (secondary N) is 1. The Kier molecular flexibility index (Phi) is 6.32. The zero-order valence-corrected chi connectivity index (χ0v) is 7.21. The summed E-state index contributed by atoms with van der Waals surface area (Å²) in [7, 11) is 0. The number of carbonyl (C=O) groups excluding carboxylic acids is 1. The van der Waals surface area contributed by atoms with Crippen molar-refractivity contribution in [2.24, 2.45) is 0 Å². The van der Waals surface area contributed by atoms with Gasteiger partial charge in [-0.2, -0.15) is 0 Å². The molecule has 0 bridgehead atoms. The van der Waals surface area contributed by atoms with Crippen LogP contribution in [0, 0.1) is 0 Å². The van der Waals surface area contributed by atoms with Crippen molar-refractivity contribution in [1.29, 1.82) is 0 Å². The molecule has 0 aromatic rings. The van der Waals surface area contributed by atoms with E-state index in [0.717, 1.165) is 0 Å². The van der Waals surface area contributed by atoms with E-state index in [0.29, 0.717) is 12.0 Å². The zero-order chi connectivity index (χ0) is 9.40. The maximum Gasteiger partial charge on any atom is 0.246 e. The molecule has 3 N–H and O–H groups in total. The third-order valence-corrected chi connectivity index (χ3v) is 1.34. The summed E-state index contributed by atoms with van der Waals surface area (Å²) < 4.78 is 0. The van der Waals surface area contributed by atoms with E-state index in [-0.39, 0.29) is 25.7 Å². The average molecular weight is 173 g/mol. The molecule has 70 valence electrons. The number of amides is 1. The van der Waals surface area contributed by atoms with Crippen molar-refractivity contribution in [3.63, 3.8) is 0 Å². The summed E-state index contributed by atoms with van der Waals surface area (Å²) in [6.45, 7) is 1.93. The van der Waals surface area contributed by atoms with Gasteiger partial charge in [-0.05, 0) is 13.3 Å². The van der Waals surface area contributed by atoms with Crippen LogP contribution in [0.5, 0.6) is 0 Å². The molecule has 4 nitrogen and oxygen atoms in total. The first kappa shape index (κ1) is 11.1. The summed E-state index contributed by atoms with van der Waals surface area (Å²) >= 11 is 0. The van der Waals surface area contributed by atoms with Gasteiger partial charge in [-0.1, -0.05) is 6.08 Å². The van der Waals surface area contributed by atoms with Crippen LogP contribution in [0.2, 0.25) is 0 Å². The van der Waals surface area contributed by atoms with Crippen molar-refractivity contribution in [1.82, 2.24) is 5.32 Å². The molecule has 1 amide bonds. The molecular weight excluding hydrogens is 158 g/mol. The van der Waals surface area contributed by atoms with Gasteiger partial charge in [-0.15, -0.1) is 0 Å². The first-order chi connectivity index (χ1) is 5.72. The lowest BCUT2D eigenvalue weighted by atomic mass is 10.2. The SMILES string of the molecule is C/C(=C\CCO)C(=O)NCCO. The van der Waals surface area contributed by atoms with E-state index in [1.54, 1.807) is 13.0 Å². The fourth-order valence-electron chi connectivity index (χ4n) is 0.683. The maximum absolute atomic E-state index is 11.0. The highest BCUT2D eigenvalue weighted by molar-refractivity contribution is 5.92. The second-order valence-electron chi connectivity index (χ2n) is 2.38. The van der Waals surface area contributed by atoms with Crippen LogP contribution < -0.4 is 5.32 Å². The van der Waals surface area contributed by atoms with E-state index in [1.807, 2.05) is 0 Å². The highest BCUT2D eigenvalue weighted by Gasteiger charge is 2.00. The summed E-state index contributed by atoms with van der Waals surface area (Å²) in [4.78, 5) is 11.0. The number of carbonyl (C=O) groups is 1. The molecule has 0 heterocycles. The van der Waals surface area contributed by atoms with Crippen LogP contribution in [-0.4, -0.2) is 35.9 Å². The van der Waals surface area contributed by atoms with E-state index < -0.39 is 0 Å². The molecule has 0 saturated carbocycles. The molecule has 0 aliphatic carbocycles. The Labute approximate surface area is 71.9 Å². The van der Waals surface area contributed by atoms with Crippen LogP contribution in [0.1, 0.15) is 13.3 Å². The van der Waals surface area contributed by atoms with Crippen LogP contribution in [0.25, 0.3) is 0 Å². The van der Waals surface area contributed by atoms with Gasteiger partial charge in [-0.25, -0.2) is 0 Å². The molecule has 0 aromatic heterocycles. The first-order valence-corrected chi connectivity index (χ1v) is 3.89. The molecule has 0 fully saturated rings. The largest absolute Gasteiger partial charge is 0.396 e. The number of aliphatic hydroxyl groups excluding tert-OH is 2. The first-order valence-electron chi connectivity index (χ1n) is 3.89. The van der Waals surface area contributed by atoms with Gasteiger partial charge in [-0.3, -0.25) is 4.79 Å². The van der Waals surface area contributed by atoms with Crippen molar-refractivity contribution in [2.75, 3.05) is 19.8 Å². The van der Waals surface area contributed by atoms with Crippen LogP contribution >= 0.6 is 0 Å². The third-order valence-electron chi connectivity index (χ3n) is 1.34. The minimum absolute atomic E-state index is 0.0462. The Morgan fingerprint density at radius 3 is 2.58 bits per heavy atom. The van der Waals surface area contributed by atoms with Gasteiger partial charge >= 0.3 is 0 Å². The monoisotopic (exact) mass is 173 g/mol. The second-order valence-corrected chi connectivity index (χ2v) is 2.38. The molecule has 12 heavy (non-hydrogen) atoms. The van der Waals surface area contributed by atoms with Crippen LogP contribution in [0.15, 0.2) is 11.6 Å². The van der Waals surface area contributed by atoms with Crippen molar-refractivity contribution < 1.29 is 15.0 Å². The average Bonchev–Trinajstić information content (AvgIpc) is 2.10. The van der Waals surface area contributed by atoms with Crippen molar-refractivity contribution >= 4 is 5.91 Å². The molecule has 0 spiro atoms. The molecule has 0 unspecified atom stereocenters. The fourth-order valence-corrected chi connectivity index (χ4v) is 0.683. The predicted octanol–water partition coefficient (Wildman–Crippen LogP) is -0.576. The number of aliphatic hydroxyl groups is 2. The molecule has 4 heteroatoms. The van der Waals surface area contributed by atoms with E-state index in [9.17, 15) is 4.79 Å². The van der Waals surface area contributed by atoms with Crippen LogP contribution in [0.3, 0.4) is 0 Å². The second kappa shape index (κ2) is 6.82. The number of hydrogen-bond donors (Lipinski definition) is 3. The Morgan fingerprint density at radius 2 is 2.08 bits per heavy atom. The van der Waals surface area contributed by atoms with Crippen molar-refractivity contribution in [2.45, 2.75) is 13.3 Å². The quantitative estimate of drug-likeness (QED) is 0.487. The molecule has 0 atom stereocenters. The van der Waals surface area contributed by atoms with E-state index in [1.165, 1.54) is 0 Å². The van der Waals surface area contributed by atoms with Gasteiger partial charge in [0.2, 0.25) is 5.91 Å². The van der Waals surface area contributed by atoms with Gasteiger partial charge in [0.05, 0.1) is 6.61 Å². The van der Waals surface area contributed by atoms with Crippen LogP contribution in [0.4, 0.5) is 0 Å². The van der Waals surface area contributed by atoms with Crippen molar-refractivity contribution in [3.05, 3.63) is 11.6 Å². The topological polar surface area (TPSA) is 69.6 Å². The minimum atomic E-state index is -0.197. The normalized spacial score (nSPS) is 11.4.